The van der Waals surface area contributed by atoms with Crippen LogP contribution in [-0.2, 0) is 4.79 Å². The van der Waals surface area contributed by atoms with Crippen LogP contribution >= 0.6 is 11.6 Å². The highest BCUT2D eigenvalue weighted by Gasteiger charge is 2.26. The number of benzodiazepines with no additional fused rings is 1. The number of nitrogens with zero attached hydrogens (tertiary/aromatic N) is 2. The molecule has 0 radical (unpaired) electrons. The SMILES string of the molecule is [2H]c1c([2H])c([2H])c(C2=NCC(=O)N(CCO)c3ccc(Cl)cc32)c(F)c1[2H]. The molecule has 1 aliphatic heterocycles. The zero-order valence-electron chi connectivity index (χ0n) is 15.9. The number of aliphatic imine (C=N–C) groups is 1. The molecular weight excluding hydrogens is 319 g/mol. The highest BCUT2D eigenvalue weighted by atomic mass is 35.5. The quantitative estimate of drug-likeness (QED) is 0.937. The van der Waals surface area contributed by atoms with Crippen molar-refractivity contribution in [3.63, 3.8) is 0 Å². The van der Waals surface area contributed by atoms with Gasteiger partial charge in [0.15, 0.2) is 0 Å². The number of aliphatic hydroxyl groups excluding tert-OH is 1. The Hall–Kier alpha value is -2.24. The molecule has 2 aromatic rings. The van der Waals surface area contributed by atoms with E-state index >= 15 is 0 Å². The maximum atomic E-state index is 14.8. The first-order valence-electron chi connectivity index (χ1n) is 8.79. The Balaban J connectivity index is 2.33. The van der Waals surface area contributed by atoms with E-state index in [1.54, 1.807) is 0 Å². The van der Waals surface area contributed by atoms with Crippen LogP contribution in [0.1, 0.15) is 16.6 Å². The van der Waals surface area contributed by atoms with Gasteiger partial charge >= 0.3 is 0 Å². The van der Waals surface area contributed by atoms with Gasteiger partial charge in [0, 0.05) is 22.7 Å². The van der Waals surface area contributed by atoms with Crippen LogP contribution in [0.25, 0.3) is 0 Å². The van der Waals surface area contributed by atoms with Gasteiger partial charge < -0.3 is 10.0 Å². The highest BCUT2D eigenvalue weighted by molar-refractivity contribution is 6.32. The molecule has 0 spiro atoms. The molecule has 0 unspecified atom stereocenters. The minimum atomic E-state index is -1.16. The van der Waals surface area contributed by atoms with Gasteiger partial charge in [0.1, 0.15) is 12.4 Å². The maximum Gasteiger partial charge on any atom is 0.248 e. The molecule has 6 heteroatoms. The smallest absolute Gasteiger partial charge is 0.248 e. The fourth-order valence-electron chi connectivity index (χ4n) is 2.40. The number of amides is 1. The molecule has 3 rings (SSSR count). The number of rotatable bonds is 3. The maximum absolute atomic E-state index is 14.8. The van der Waals surface area contributed by atoms with E-state index < -0.39 is 41.5 Å². The molecule has 0 aliphatic carbocycles. The third kappa shape index (κ3) is 2.98. The Labute approximate surface area is 143 Å². The average molecular weight is 337 g/mol. The number of fused-ring (bicyclic) bond motifs is 1. The Bertz CT molecular complexity index is 955. The van der Waals surface area contributed by atoms with Crippen molar-refractivity contribution in [3.8, 4) is 0 Å². The molecule has 0 aromatic heterocycles. The lowest BCUT2D eigenvalue weighted by molar-refractivity contribution is -0.117. The largest absolute Gasteiger partial charge is 0.395 e. The zero-order valence-corrected chi connectivity index (χ0v) is 12.6. The van der Waals surface area contributed by atoms with Crippen LogP contribution < -0.4 is 4.90 Å². The number of halogens is 2. The van der Waals surface area contributed by atoms with Gasteiger partial charge in [-0.15, -0.1) is 0 Å². The lowest BCUT2D eigenvalue weighted by Gasteiger charge is -2.22. The summed E-state index contributed by atoms with van der Waals surface area (Å²) in [4.78, 5) is 17.8. The van der Waals surface area contributed by atoms with Crippen molar-refractivity contribution in [3.05, 3.63) is 64.3 Å². The number of benzene rings is 2. The second-order valence-electron chi connectivity index (χ2n) is 4.78. The number of aliphatic hydroxyl groups is 1. The van der Waals surface area contributed by atoms with Crippen molar-refractivity contribution >= 4 is 28.9 Å². The van der Waals surface area contributed by atoms with Crippen molar-refractivity contribution in [2.75, 3.05) is 24.6 Å². The van der Waals surface area contributed by atoms with Gasteiger partial charge in [0.25, 0.3) is 0 Å². The molecule has 1 N–H and O–H groups in total. The number of carbonyl (C=O) groups excluding carboxylic acids is 1. The predicted octanol–water partition coefficient (Wildman–Crippen LogP) is 2.66. The van der Waals surface area contributed by atoms with Crippen LogP contribution in [0.15, 0.2) is 47.4 Å². The van der Waals surface area contributed by atoms with Gasteiger partial charge in [-0.2, -0.15) is 0 Å². The molecule has 0 fully saturated rings. The lowest BCUT2D eigenvalue weighted by Crippen LogP contribution is -2.34. The summed E-state index contributed by atoms with van der Waals surface area (Å²) < 4.78 is 46.0. The van der Waals surface area contributed by atoms with Crippen molar-refractivity contribution in [2.24, 2.45) is 4.99 Å². The first-order valence-corrected chi connectivity index (χ1v) is 7.17. The van der Waals surface area contributed by atoms with Gasteiger partial charge in [-0.05, 0) is 30.3 Å². The Kier molecular flexibility index (Phi) is 3.19. The molecule has 118 valence electrons. The summed E-state index contributed by atoms with van der Waals surface area (Å²) in [5.74, 6) is -1.60. The normalized spacial score (nSPS) is 16.7. The van der Waals surface area contributed by atoms with Gasteiger partial charge in [-0.1, -0.05) is 23.7 Å². The Morgan fingerprint density at radius 2 is 2.13 bits per heavy atom. The first kappa shape index (κ1) is 11.3. The van der Waals surface area contributed by atoms with Crippen molar-refractivity contribution in [1.29, 1.82) is 0 Å². The second-order valence-corrected chi connectivity index (χ2v) is 5.22. The van der Waals surface area contributed by atoms with Gasteiger partial charge in [-0.3, -0.25) is 9.79 Å². The van der Waals surface area contributed by atoms with Gasteiger partial charge in [0.05, 0.1) is 23.5 Å². The first-order chi connectivity index (χ1) is 12.8. The van der Waals surface area contributed by atoms with Gasteiger partial charge in [-0.25, -0.2) is 4.39 Å². The Morgan fingerprint density at radius 3 is 2.91 bits per heavy atom. The van der Waals surface area contributed by atoms with Crippen LogP contribution in [0.3, 0.4) is 0 Å². The topological polar surface area (TPSA) is 52.9 Å². The van der Waals surface area contributed by atoms with Crippen LogP contribution in [0.5, 0.6) is 0 Å². The molecule has 2 aromatic carbocycles. The number of hydrogen-bond donors (Lipinski definition) is 1. The van der Waals surface area contributed by atoms with E-state index in [9.17, 15) is 14.3 Å². The number of hydrogen-bond acceptors (Lipinski definition) is 3. The van der Waals surface area contributed by atoms with Crippen molar-refractivity contribution in [1.82, 2.24) is 0 Å². The molecule has 0 saturated carbocycles. The second kappa shape index (κ2) is 6.48. The van der Waals surface area contributed by atoms with E-state index in [1.807, 2.05) is 0 Å². The average Bonchev–Trinajstić information content (AvgIpc) is 2.77. The fraction of sp³-hybridized carbons (Fsp3) is 0.176. The lowest BCUT2D eigenvalue weighted by atomic mass is 9.99. The summed E-state index contributed by atoms with van der Waals surface area (Å²) in [6.07, 6.45) is 0. The molecule has 1 heterocycles. The number of anilines is 1. The third-order valence-electron chi connectivity index (χ3n) is 3.38. The molecule has 0 bridgehead atoms. The van der Waals surface area contributed by atoms with Crippen molar-refractivity contribution in [2.45, 2.75) is 0 Å². The summed E-state index contributed by atoms with van der Waals surface area (Å²) in [5.41, 5.74) is 0.0428. The van der Waals surface area contributed by atoms with Crippen LogP contribution in [0.4, 0.5) is 10.1 Å². The van der Waals surface area contributed by atoms with E-state index in [4.69, 9.17) is 17.1 Å². The fourth-order valence-corrected chi connectivity index (χ4v) is 2.58. The Morgan fingerprint density at radius 1 is 1.35 bits per heavy atom. The minimum Gasteiger partial charge on any atom is -0.395 e. The predicted molar refractivity (Wildman–Crippen MR) is 87.8 cm³/mol. The standard InChI is InChI=1S/C17H14ClFN2O2/c18-11-5-6-15-13(9-11)17(12-3-1-2-4-14(12)19)20-10-16(23)21(15)7-8-22/h1-6,9,22H,7-8,10H2/i1D,2D,3D,4D. The zero-order chi connectivity index (χ0) is 19.9. The molecular formula is C17H14ClFN2O2. The van der Waals surface area contributed by atoms with Crippen LogP contribution in [0.2, 0.25) is 5.02 Å². The molecule has 1 aliphatic rings. The van der Waals surface area contributed by atoms with Crippen LogP contribution in [-0.4, -0.2) is 36.4 Å². The van der Waals surface area contributed by atoms with Gasteiger partial charge in [0.2, 0.25) is 5.91 Å². The van der Waals surface area contributed by atoms with E-state index in [0.717, 1.165) is 0 Å². The third-order valence-corrected chi connectivity index (χ3v) is 3.62. The molecule has 1 amide bonds. The van der Waals surface area contributed by atoms with E-state index in [0.29, 0.717) is 5.69 Å². The minimum absolute atomic E-state index is 0.00841. The summed E-state index contributed by atoms with van der Waals surface area (Å²) in [6.45, 7) is -0.683. The van der Waals surface area contributed by atoms with Crippen LogP contribution in [0, 0.1) is 5.82 Å². The van der Waals surface area contributed by atoms with E-state index in [1.165, 1.54) is 23.1 Å². The summed E-state index contributed by atoms with van der Waals surface area (Å²) >= 11 is 6.06. The molecule has 4 nitrogen and oxygen atoms in total. The number of carbonyl (C=O) groups is 1. The van der Waals surface area contributed by atoms with E-state index in [2.05, 4.69) is 4.99 Å². The van der Waals surface area contributed by atoms with Crippen molar-refractivity contribution < 1.29 is 19.8 Å². The monoisotopic (exact) mass is 336 g/mol. The molecule has 0 atom stereocenters. The number of β-amino-alcohol motifs (C(OH)–C–C–N with tert-alkyl or cyclic N) is 1. The highest BCUT2D eigenvalue weighted by Crippen LogP contribution is 2.30. The summed E-state index contributed by atoms with van der Waals surface area (Å²) in [5, 5.41) is 9.54. The summed E-state index contributed by atoms with van der Waals surface area (Å²) in [7, 11) is 0. The molecule has 23 heavy (non-hydrogen) atoms. The molecule has 0 saturated heterocycles. The van der Waals surface area contributed by atoms with E-state index in [-0.39, 0.29) is 36.0 Å². The summed E-state index contributed by atoms with van der Waals surface area (Å²) in [6, 6.07) is 1.78.